The van der Waals surface area contributed by atoms with E-state index in [1.165, 1.54) is 5.56 Å². The van der Waals surface area contributed by atoms with Crippen molar-refractivity contribution in [3.05, 3.63) is 47.2 Å². The van der Waals surface area contributed by atoms with Crippen molar-refractivity contribution < 1.29 is 9.53 Å². The number of hydrogen-bond donors (Lipinski definition) is 1. The highest BCUT2D eigenvalue weighted by Gasteiger charge is 2.49. The van der Waals surface area contributed by atoms with Gasteiger partial charge < -0.3 is 10.1 Å². The lowest BCUT2D eigenvalue weighted by atomic mass is 9.78. The Morgan fingerprint density at radius 3 is 2.42 bits per heavy atom. The minimum Gasteiger partial charge on any atom is -0.493 e. The quantitative estimate of drug-likeness (QED) is 0.845. The monoisotopic (exact) mass is 257 g/mol. The van der Waals surface area contributed by atoms with Crippen LogP contribution in [0.15, 0.2) is 36.1 Å². The molecule has 1 aromatic rings. The summed E-state index contributed by atoms with van der Waals surface area (Å²) in [5.41, 5.74) is 2.63. The van der Waals surface area contributed by atoms with Crippen molar-refractivity contribution in [1.82, 2.24) is 5.32 Å². The van der Waals surface area contributed by atoms with Crippen molar-refractivity contribution in [2.24, 2.45) is 5.92 Å². The average molecular weight is 257 g/mol. The predicted molar refractivity (Wildman–Crippen MR) is 73.4 cm³/mol. The summed E-state index contributed by atoms with van der Waals surface area (Å²) in [6.07, 6.45) is 1.98. The maximum absolute atomic E-state index is 11.2. The van der Waals surface area contributed by atoms with Gasteiger partial charge in [-0.25, -0.2) is 0 Å². The van der Waals surface area contributed by atoms with E-state index in [4.69, 9.17) is 4.74 Å². The van der Waals surface area contributed by atoms with Gasteiger partial charge in [0.2, 0.25) is 5.91 Å². The minimum atomic E-state index is -0.0196. The van der Waals surface area contributed by atoms with Crippen LogP contribution in [0.4, 0.5) is 0 Å². The van der Waals surface area contributed by atoms with E-state index >= 15 is 0 Å². The number of rotatable bonds is 3. The molecule has 0 radical (unpaired) electrons. The fourth-order valence-corrected chi connectivity index (χ4v) is 2.42. The second-order valence-corrected chi connectivity index (χ2v) is 6.32. The van der Waals surface area contributed by atoms with E-state index in [0.29, 0.717) is 6.61 Å². The van der Waals surface area contributed by atoms with Gasteiger partial charge in [-0.15, -0.1) is 0 Å². The minimum absolute atomic E-state index is 0.0196. The van der Waals surface area contributed by atoms with Crippen molar-refractivity contribution >= 4 is 5.91 Å². The van der Waals surface area contributed by atoms with E-state index in [-0.39, 0.29) is 23.3 Å². The molecule has 2 atom stereocenters. The van der Waals surface area contributed by atoms with Gasteiger partial charge in [-0.05, 0) is 22.6 Å². The van der Waals surface area contributed by atoms with E-state index < -0.39 is 0 Å². The zero-order chi connectivity index (χ0) is 13.6. The first-order valence-corrected chi connectivity index (χ1v) is 6.69. The molecule has 1 heterocycles. The van der Waals surface area contributed by atoms with Crippen LogP contribution in [0.25, 0.3) is 0 Å². The molecule has 1 fully saturated rings. The van der Waals surface area contributed by atoms with Crippen LogP contribution in [0.3, 0.4) is 0 Å². The number of benzene rings is 1. The molecule has 0 spiro atoms. The van der Waals surface area contributed by atoms with Crippen LogP contribution in [0, 0.1) is 5.92 Å². The molecule has 1 aliphatic carbocycles. The fraction of sp³-hybridized carbons (Fsp3) is 0.438. The van der Waals surface area contributed by atoms with Crippen molar-refractivity contribution in [3.8, 4) is 0 Å². The molecule has 3 heteroatoms. The molecule has 1 N–H and O–H groups in total. The molecule has 0 unspecified atom stereocenters. The van der Waals surface area contributed by atoms with Crippen LogP contribution < -0.4 is 5.32 Å². The molecule has 0 bridgehead atoms. The van der Waals surface area contributed by atoms with Crippen LogP contribution in [0.1, 0.15) is 31.9 Å². The van der Waals surface area contributed by atoms with E-state index in [2.05, 4.69) is 50.4 Å². The summed E-state index contributed by atoms with van der Waals surface area (Å²) >= 11 is 0. The second-order valence-electron chi connectivity index (χ2n) is 6.32. The maximum Gasteiger partial charge on any atom is 0.233 e. The van der Waals surface area contributed by atoms with Crippen LogP contribution in [0.2, 0.25) is 0 Å². The van der Waals surface area contributed by atoms with Gasteiger partial charge in [-0.1, -0.05) is 45.0 Å². The number of β-lactam (4-membered cyclic amide) rings is 1. The molecular weight excluding hydrogens is 238 g/mol. The first-order chi connectivity index (χ1) is 8.95. The van der Waals surface area contributed by atoms with Gasteiger partial charge in [0.25, 0.3) is 0 Å². The summed E-state index contributed by atoms with van der Waals surface area (Å²) in [6.45, 7) is 7.14. The van der Waals surface area contributed by atoms with Gasteiger partial charge >= 0.3 is 0 Å². The molecule has 3 rings (SSSR count). The molecule has 3 nitrogen and oxygen atoms in total. The third kappa shape index (κ3) is 2.14. The highest BCUT2D eigenvalue weighted by Crippen LogP contribution is 2.35. The normalized spacial score (nSPS) is 24.6. The van der Waals surface area contributed by atoms with Gasteiger partial charge in [-0.2, -0.15) is 0 Å². The van der Waals surface area contributed by atoms with Crippen molar-refractivity contribution in [2.75, 3.05) is 0 Å². The molecule has 0 saturated carbocycles. The first-order valence-electron chi connectivity index (χ1n) is 6.69. The summed E-state index contributed by atoms with van der Waals surface area (Å²) in [5.74, 6) is 0.896. The van der Waals surface area contributed by atoms with Crippen LogP contribution in [-0.2, 0) is 21.6 Å². The molecule has 1 saturated heterocycles. The molecule has 1 aromatic carbocycles. The van der Waals surface area contributed by atoms with Gasteiger partial charge in [0.15, 0.2) is 0 Å². The van der Waals surface area contributed by atoms with E-state index in [9.17, 15) is 4.79 Å². The first kappa shape index (κ1) is 12.3. The molecule has 2 aliphatic rings. The Hall–Kier alpha value is -1.77. The Morgan fingerprint density at radius 1 is 1.21 bits per heavy atom. The maximum atomic E-state index is 11.2. The summed E-state index contributed by atoms with van der Waals surface area (Å²) in [7, 11) is 0. The summed E-state index contributed by atoms with van der Waals surface area (Å²) in [6, 6.07) is 8.71. The molecule has 100 valence electrons. The van der Waals surface area contributed by atoms with Crippen LogP contribution >= 0.6 is 0 Å². The van der Waals surface area contributed by atoms with Crippen molar-refractivity contribution in [2.45, 2.75) is 38.8 Å². The topological polar surface area (TPSA) is 38.3 Å². The highest BCUT2D eigenvalue weighted by molar-refractivity contribution is 5.91. The summed E-state index contributed by atoms with van der Waals surface area (Å²) in [5, 5.41) is 2.80. The SMILES string of the molecule is CC(C)(C)c1ccc(COC2=C[C@@H]3NC(=O)[C@H]23)cc1. The largest absolute Gasteiger partial charge is 0.493 e. The Bertz CT molecular complexity index is 537. The molecular formula is C16H19NO2. The number of amides is 1. The van der Waals surface area contributed by atoms with Crippen LogP contribution in [0.5, 0.6) is 0 Å². The molecule has 19 heavy (non-hydrogen) atoms. The number of carbonyl (C=O) groups excluding carboxylic acids is 1. The molecule has 0 aromatic heterocycles. The number of nitrogens with one attached hydrogen (secondary N) is 1. The lowest BCUT2D eigenvalue weighted by Gasteiger charge is -2.43. The second kappa shape index (κ2) is 4.12. The van der Waals surface area contributed by atoms with Crippen molar-refractivity contribution in [1.29, 1.82) is 0 Å². The standard InChI is InChI=1S/C16H19NO2/c1-16(2,3)11-6-4-10(5-7-11)9-19-13-8-12-14(13)15(18)17-12/h4-8,12,14H,9H2,1-3H3,(H,17,18)/t12-,14-/m0/s1. The predicted octanol–water partition coefficient (Wildman–Crippen LogP) is 2.51. The van der Waals surface area contributed by atoms with E-state index in [1.807, 2.05) is 6.08 Å². The highest BCUT2D eigenvalue weighted by atomic mass is 16.5. The number of ether oxygens (including phenoxy) is 1. The zero-order valence-electron chi connectivity index (χ0n) is 11.6. The third-order valence-corrected chi connectivity index (χ3v) is 3.83. The average Bonchev–Trinajstić information content (AvgIpc) is 2.32. The molecule has 1 amide bonds. The summed E-state index contributed by atoms with van der Waals surface area (Å²) in [4.78, 5) is 11.2. The number of fused-ring (bicyclic) bond motifs is 1. The van der Waals surface area contributed by atoms with E-state index in [0.717, 1.165) is 11.3 Å². The Morgan fingerprint density at radius 2 is 1.89 bits per heavy atom. The fourth-order valence-electron chi connectivity index (χ4n) is 2.42. The Labute approximate surface area is 113 Å². The number of carbonyl (C=O) groups is 1. The Balaban J connectivity index is 1.59. The van der Waals surface area contributed by atoms with Gasteiger partial charge in [0, 0.05) is 0 Å². The lowest BCUT2D eigenvalue weighted by molar-refractivity contribution is -0.136. The smallest absolute Gasteiger partial charge is 0.233 e. The Kier molecular flexibility index (Phi) is 2.66. The molecule has 1 aliphatic heterocycles. The lowest BCUT2D eigenvalue weighted by Crippen LogP contribution is -2.63. The van der Waals surface area contributed by atoms with Crippen molar-refractivity contribution in [3.63, 3.8) is 0 Å². The summed E-state index contributed by atoms with van der Waals surface area (Å²) < 4.78 is 5.69. The number of hydrogen-bond acceptors (Lipinski definition) is 2. The van der Waals surface area contributed by atoms with Crippen LogP contribution in [-0.4, -0.2) is 11.9 Å². The van der Waals surface area contributed by atoms with E-state index in [1.54, 1.807) is 0 Å². The van der Waals surface area contributed by atoms with Gasteiger partial charge in [-0.3, -0.25) is 4.79 Å². The third-order valence-electron chi connectivity index (χ3n) is 3.83. The van der Waals surface area contributed by atoms with Gasteiger partial charge in [0.1, 0.15) is 18.3 Å². The van der Waals surface area contributed by atoms with Gasteiger partial charge in [0.05, 0.1) is 6.04 Å². The zero-order valence-corrected chi connectivity index (χ0v) is 11.6.